The van der Waals surface area contributed by atoms with Gasteiger partial charge in [0.1, 0.15) is 16.5 Å². The van der Waals surface area contributed by atoms with Crippen LogP contribution in [0.5, 0.6) is 11.5 Å². The molecule has 160 valence electrons. The third-order valence-corrected chi connectivity index (χ3v) is 5.96. The first-order valence-electron chi connectivity index (χ1n) is 10.5. The van der Waals surface area contributed by atoms with Gasteiger partial charge < -0.3 is 10.1 Å². The summed E-state index contributed by atoms with van der Waals surface area (Å²) in [7, 11) is 0. The van der Waals surface area contributed by atoms with E-state index >= 15 is 0 Å². The first kappa shape index (κ1) is 20.7. The quantitative estimate of drug-likeness (QED) is 0.292. The molecule has 5 aromatic rings. The summed E-state index contributed by atoms with van der Waals surface area (Å²) in [5, 5.41) is 5.99. The molecular formula is C28H20N2O2S. The number of nitrogens with one attached hydrogen (secondary N) is 1. The minimum Gasteiger partial charge on any atom is -0.457 e. The average molecular weight is 449 g/mol. The van der Waals surface area contributed by atoms with Crippen LogP contribution in [-0.2, 0) is 0 Å². The maximum atomic E-state index is 12.9. The number of nitrogens with zero attached hydrogens (tertiary/aromatic N) is 1. The largest absolute Gasteiger partial charge is 0.457 e. The van der Waals surface area contributed by atoms with Gasteiger partial charge >= 0.3 is 0 Å². The molecule has 0 fully saturated rings. The lowest BCUT2D eigenvalue weighted by molar-refractivity contribution is 0.102. The summed E-state index contributed by atoms with van der Waals surface area (Å²) < 4.78 is 5.92. The highest BCUT2D eigenvalue weighted by Gasteiger charge is 2.13. The van der Waals surface area contributed by atoms with Crippen LogP contribution in [-0.4, -0.2) is 10.9 Å². The molecule has 0 spiro atoms. The fourth-order valence-corrected chi connectivity index (χ4v) is 4.24. The fourth-order valence-electron chi connectivity index (χ4n) is 3.40. The van der Waals surface area contributed by atoms with Crippen LogP contribution in [0.2, 0.25) is 0 Å². The van der Waals surface area contributed by atoms with E-state index in [1.807, 2.05) is 90.3 Å². The summed E-state index contributed by atoms with van der Waals surface area (Å²) in [6, 6.07) is 34.5. The zero-order valence-corrected chi connectivity index (χ0v) is 18.5. The van der Waals surface area contributed by atoms with Gasteiger partial charge in [-0.2, -0.15) is 0 Å². The third kappa shape index (κ3) is 4.84. The normalized spacial score (nSPS) is 10.5. The lowest BCUT2D eigenvalue weighted by atomic mass is 10.1. The van der Waals surface area contributed by atoms with Crippen molar-refractivity contribution in [3.8, 4) is 33.3 Å². The van der Waals surface area contributed by atoms with Crippen molar-refractivity contribution in [2.75, 3.05) is 5.32 Å². The Bertz CT molecular complexity index is 1360. The van der Waals surface area contributed by atoms with Gasteiger partial charge in [-0.25, -0.2) is 4.98 Å². The summed E-state index contributed by atoms with van der Waals surface area (Å²) in [5.41, 5.74) is 4.20. The number of benzene rings is 4. The SMILES string of the molecule is O=C(Nc1ccc(-c2csc(-c3ccccc3)n2)cc1)c1ccccc1Oc1ccccc1. The fraction of sp³-hybridized carbons (Fsp3) is 0. The van der Waals surface area contributed by atoms with E-state index in [0.717, 1.165) is 21.8 Å². The molecule has 0 saturated heterocycles. The number of ether oxygens (including phenoxy) is 1. The Kier molecular flexibility index (Phi) is 5.95. The lowest BCUT2D eigenvalue weighted by Crippen LogP contribution is -2.12. The molecule has 0 aliphatic rings. The zero-order chi connectivity index (χ0) is 22.5. The maximum Gasteiger partial charge on any atom is 0.259 e. The Morgan fingerprint density at radius 1 is 0.727 bits per heavy atom. The van der Waals surface area contributed by atoms with Crippen LogP contribution in [0.4, 0.5) is 5.69 Å². The smallest absolute Gasteiger partial charge is 0.259 e. The van der Waals surface area contributed by atoms with Crippen LogP contribution >= 0.6 is 11.3 Å². The van der Waals surface area contributed by atoms with Crippen molar-refractivity contribution >= 4 is 22.9 Å². The molecule has 33 heavy (non-hydrogen) atoms. The molecule has 1 amide bonds. The number of rotatable bonds is 6. The number of hydrogen-bond donors (Lipinski definition) is 1. The molecule has 1 heterocycles. The summed E-state index contributed by atoms with van der Waals surface area (Å²) in [4.78, 5) is 17.7. The highest BCUT2D eigenvalue weighted by atomic mass is 32.1. The third-order valence-electron chi connectivity index (χ3n) is 5.07. The van der Waals surface area contributed by atoms with Crippen LogP contribution in [0.1, 0.15) is 10.4 Å². The molecule has 0 radical (unpaired) electrons. The standard InChI is InChI=1S/C28H20N2O2S/c31-27(24-13-7-8-14-26(24)32-23-11-5-2-6-12-23)29-22-17-15-20(16-18-22)25-19-33-28(30-25)21-9-3-1-4-10-21/h1-19H,(H,29,31). The van der Waals surface area contributed by atoms with E-state index < -0.39 is 0 Å². The summed E-state index contributed by atoms with van der Waals surface area (Å²) >= 11 is 1.62. The van der Waals surface area contributed by atoms with E-state index in [0.29, 0.717) is 22.7 Å². The number of hydrogen-bond acceptors (Lipinski definition) is 4. The van der Waals surface area contributed by atoms with Crippen molar-refractivity contribution in [1.29, 1.82) is 0 Å². The molecular weight excluding hydrogens is 428 g/mol. The number of carbonyl (C=O) groups is 1. The van der Waals surface area contributed by atoms with Gasteiger partial charge in [0.05, 0.1) is 11.3 Å². The molecule has 5 heteroatoms. The van der Waals surface area contributed by atoms with Crippen LogP contribution in [0.15, 0.2) is 115 Å². The predicted molar refractivity (Wildman–Crippen MR) is 134 cm³/mol. The Morgan fingerprint density at radius 2 is 1.39 bits per heavy atom. The van der Waals surface area contributed by atoms with Crippen LogP contribution in [0, 0.1) is 0 Å². The molecule has 4 aromatic carbocycles. The number of thiazole rings is 1. The van der Waals surface area contributed by atoms with E-state index in [9.17, 15) is 4.79 Å². The van der Waals surface area contributed by atoms with Gasteiger partial charge in [-0.05, 0) is 36.4 Å². The molecule has 0 bridgehead atoms. The van der Waals surface area contributed by atoms with Gasteiger partial charge in [0.25, 0.3) is 5.91 Å². The van der Waals surface area contributed by atoms with Crippen molar-refractivity contribution in [2.24, 2.45) is 0 Å². The number of carbonyl (C=O) groups excluding carboxylic acids is 1. The van der Waals surface area contributed by atoms with Gasteiger partial charge in [-0.1, -0.05) is 72.8 Å². The monoisotopic (exact) mass is 448 g/mol. The van der Waals surface area contributed by atoms with Crippen LogP contribution < -0.4 is 10.1 Å². The van der Waals surface area contributed by atoms with Crippen molar-refractivity contribution in [3.05, 3.63) is 120 Å². The number of aromatic nitrogens is 1. The van der Waals surface area contributed by atoms with Crippen molar-refractivity contribution in [2.45, 2.75) is 0 Å². The minimum absolute atomic E-state index is 0.227. The highest BCUT2D eigenvalue weighted by molar-refractivity contribution is 7.13. The van der Waals surface area contributed by atoms with Crippen molar-refractivity contribution in [3.63, 3.8) is 0 Å². The van der Waals surface area contributed by atoms with Crippen molar-refractivity contribution < 1.29 is 9.53 Å². The number of amides is 1. The van der Waals surface area contributed by atoms with E-state index in [2.05, 4.69) is 17.4 Å². The second-order valence-corrected chi connectivity index (χ2v) is 8.20. The second kappa shape index (κ2) is 9.51. The Labute approximate surface area is 196 Å². The first-order valence-corrected chi connectivity index (χ1v) is 11.4. The van der Waals surface area contributed by atoms with Gasteiger partial charge in [-0.3, -0.25) is 4.79 Å². The van der Waals surface area contributed by atoms with Gasteiger partial charge in [0.15, 0.2) is 0 Å². The van der Waals surface area contributed by atoms with Crippen molar-refractivity contribution in [1.82, 2.24) is 4.98 Å². The molecule has 1 N–H and O–H groups in total. The van der Waals surface area contributed by atoms with E-state index in [1.165, 1.54) is 0 Å². The highest BCUT2D eigenvalue weighted by Crippen LogP contribution is 2.30. The van der Waals surface area contributed by atoms with Gasteiger partial charge in [0.2, 0.25) is 0 Å². The summed E-state index contributed by atoms with van der Waals surface area (Å²) in [6.07, 6.45) is 0. The second-order valence-electron chi connectivity index (χ2n) is 7.35. The zero-order valence-electron chi connectivity index (χ0n) is 17.6. The topological polar surface area (TPSA) is 51.2 Å². The van der Waals surface area contributed by atoms with Gasteiger partial charge in [0, 0.05) is 22.2 Å². The minimum atomic E-state index is -0.227. The van der Waals surface area contributed by atoms with E-state index in [1.54, 1.807) is 23.5 Å². The predicted octanol–water partition coefficient (Wildman–Crippen LogP) is 7.52. The Hall–Kier alpha value is -4.22. The Morgan fingerprint density at radius 3 is 2.15 bits per heavy atom. The lowest BCUT2D eigenvalue weighted by Gasteiger charge is -2.11. The maximum absolute atomic E-state index is 12.9. The summed E-state index contributed by atoms with van der Waals surface area (Å²) in [6.45, 7) is 0. The van der Waals surface area contributed by atoms with Gasteiger partial charge in [-0.15, -0.1) is 11.3 Å². The molecule has 1 aromatic heterocycles. The number of para-hydroxylation sites is 2. The van der Waals surface area contributed by atoms with Crippen LogP contribution in [0.3, 0.4) is 0 Å². The molecule has 0 aliphatic heterocycles. The Balaban J connectivity index is 1.30. The molecule has 5 rings (SSSR count). The molecule has 4 nitrogen and oxygen atoms in total. The molecule has 0 unspecified atom stereocenters. The van der Waals surface area contributed by atoms with Crippen LogP contribution in [0.25, 0.3) is 21.8 Å². The first-order chi connectivity index (χ1) is 16.3. The molecule has 0 aliphatic carbocycles. The molecule has 0 atom stereocenters. The summed E-state index contributed by atoms with van der Waals surface area (Å²) in [5.74, 6) is 0.961. The van der Waals surface area contributed by atoms with E-state index in [-0.39, 0.29) is 5.91 Å². The molecule has 0 saturated carbocycles. The van der Waals surface area contributed by atoms with E-state index in [4.69, 9.17) is 9.72 Å². The number of anilines is 1. The average Bonchev–Trinajstić information content (AvgIpc) is 3.36.